The number of benzene rings is 1. The molecular formula is C13H19NO4S. The Morgan fingerprint density at radius 1 is 1.42 bits per heavy atom. The molecule has 1 aromatic rings. The van der Waals surface area contributed by atoms with E-state index in [1.165, 1.54) is 19.2 Å². The number of likely N-dealkylation sites (N-methyl/N-ethyl adjacent to an activating group) is 1. The molecule has 1 rings (SSSR count). The summed E-state index contributed by atoms with van der Waals surface area (Å²) in [6.07, 6.45) is 0.326. The minimum absolute atomic E-state index is 0.0644. The van der Waals surface area contributed by atoms with Crippen molar-refractivity contribution in [3.05, 3.63) is 29.8 Å². The average molecular weight is 285 g/mol. The summed E-state index contributed by atoms with van der Waals surface area (Å²) in [6, 6.07) is 5.45. The van der Waals surface area contributed by atoms with Crippen LogP contribution in [-0.4, -0.2) is 43.3 Å². The molecule has 106 valence electrons. The maximum Gasteiger partial charge on any atom is 0.243 e. The van der Waals surface area contributed by atoms with E-state index in [1.807, 2.05) is 0 Å². The van der Waals surface area contributed by atoms with Gasteiger partial charge in [-0.1, -0.05) is 19.1 Å². The fourth-order valence-corrected chi connectivity index (χ4v) is 2.95. The molecule has 0 saturated carbocycles. The van der Waals surface area contributed by atoms with Gasteiger partial charge in [0.2, 0.25) is 10.0 Å². The molecule has 0 bridgehead atoms. The van der Waals surface area contributed by atoms with Crippen molar-refractivity contribution in [3.8, 4) is 0 Å². The minimum atomic E-state index is -3.69. The summed E-state index contributed by atoms with van der Waals surface area (Å²) in [5.74, 6) is -0.102. The van der Waals surface area contributed by atoms with Crippen LogP contribution >= 0.6 is 0 Å². The zero-order valence-electron chi connectivity index (χ0n) is 11.3. The zero-order chi connectivity index (χ0) is 14.6. The Balaban J connectivity index is 3.19. The predicted octanol–water partition coefficient (Wildman–Crippen LogP) is 1.28. The lowest BCUT2D eigenvalue weighted by Crippen LogP contribution is -2.37. The van der Waals surface area contributed by atoms with E-state index in [0.717, 1.165) is 4.31 Å². The third-order valence-corrected chi connectivity index (χ3v) is 5.01. The summed E-state index contributed by atoms with van der Waals surface area (Å²) in [7, 11) is -2.29. The molecule has 1 N–H and O–H groups in total. The van der Waals surface area contributed by atoms with Crippen molar-refractivity contribution < 1.29 is 18.3 Å². The number of carbonyl (C=O) groups excluding carboxylic acids is 1. The molecule has 0 heterocycles. The van der Waals surface area contributed by atoms with Gasteiger partial charge in [0.05, 0.1) is 11.5 Å². The van der Waals surface area contributed by atoms with Crippen LogP contribution in [0.3, 0.4) is 0 Å². The molecule has 1 unspecified atom stereocenters. The summed E-state index contributed by atoms with van der Waals surface area (Å²) >= 11 is 0. The van der Waals surface area contributed by atoms with E-state index >= 15 is 0 Å². The molecule has 6 heteroatoms. The molecule has 0 saturated heterocycles. The monoisotopic (exact) mass is 285 g/mol. The Labute approximate surface area is 113 Å². The van der Waals surface area contributed by atoms with Gasteiger partial charge >= 0.3 is 0 Å². The topological polar surface area (TPSA) is 74.7 Å². The molecule has 5 nitrogen and oxygen atoms in total. The lowest BCUT2D eigenvalue weighted by Gasteiger charge is -2.22. The second kappa shape index (κ2) is 6.27. The smallest absolute Gasteiger partial charge is 0.243 e. The standard InChI is InChI=1S/C13H19NO4S/c1-4-13(16)11-6-5-7-12(8-11)19(17,18)14(3)10(2)9-15/h5-8,10,15H,4,9H2,1-3H3. The van der Waals surface area contributed by atoms with E-state index in [1.54, 1.807) is 26.0 Å². The first-order chi connectivity index (χ1) is 8.84. The van der Waals surface area contributed by atoms with Crippen molar-refractivity contribution in [2.75, 3.05) is 13.7 Å². The molecule has 0 fully saturated rings. The lowest BCUT2D eigenvalue weighted by atomic mass is 10.1. The summed E-state index contributed by atoms with van der Waals surface area (Å²) in [6.45, 7) is 3.07. The first-order valence-corrected chi connectivity index (χ1v) is 7.50. The third kappa shape index (κ3) is 3.40. The van der Waals surface area contributed by atoms with Gasteiger partial charge in [0.1, 0.15) is 0 Å². The van der Waals surface area contributed by atoms with E-state index in [2.05, 4.69) is 0 Å². The lowest BCUT2D eigenvalue weighted by molar-refractivity contribution is 0.0988. The Kier molecular flexibility index (Phi) is 5.22. The van der Waals surface area contributed by atoms with E-state index < -0.39 is 16.1 Å². The summed E-state index contributed by atoms with van der Waals surface area (Å²) < 4.78 is 25.7. The van der Waals surface area contributed by atoms with Gasteiger partial charge in [-0.25, -0.2) is 8.42 Å². The number of nitrogens with zero attached hydrogens (tertiary/aromatic N) is 1. The van der Waals surface area contributed by atoms with Crippen LogP contribution in [0.15, 0.2) is 29.2 Å². The minimum Gasteiger partial charge on any atom is -0.395 e. The number of ketones is 1. The molecule has 0 radical (unpaired) electrons. The molecule has 0 aliphatic carbocycles. The first-order valence-electron chi connectivity index (χ1n) is 6.06. The van der Waals surface area contributed by atoms with Crippen LogP contribution in [0.1, 0.15) is 30.6 Å². The molecule has 19 heavy (non-hydrogen) atoms. The largest absolute Gasteiger partial charge is 0.395 e. The van der Waals surface area contributed by atoms with Crippen LogP contribution in [0.5, 0.6) is 0 Å². The number of hydrogen-bond donors (Lipinski definition) is 1. The first kappa shape index (κ1) is 15.8. The van der Waals surface area contributed by atoms with Gasteiger partial charge in [-0.15, -0.1) is 0 Å². The molecular weight excluding hydrogens is 266 g/mol. The number of hydrogen-bond acceptors (Lipinski definition) is 4. The number of aliphatic hydroxyl groups is 1. The number of Topliss-reactive ketones (excluding diaryl/α,β-unsaturated/α-hetero) is 1. The summed E-state index contributed by atoms with van der Waals surface area (Å²) in [5, 5.41) is 9.04. The van der Waals surface area contributed by atoms with E-state index in [4.69, 9.17) is 5.11 Å². The average Bonchev–Trinajstić information content (AvgIpc) is 2.44. The molecule has 1 aromatic carbocycles. The molecule has 1 atom stereocenters. The Morgan fingerprint density at radius 2 is 2.05 bits per heavy atom. The molecule has 0 aromatic heterocycles. The number of rotatable bonds is 6. The summed E-state index contributed by atoms with van der Waals surface area (Å²) in [5.41, 5.74) is 0.383. The third-order valence-electron chi connectivity index (χ3n) is 3.04. The van der Waals surface area contributed by atoms with Gasteiger partial charge in [-0.2, -0.15) is 4.31 Å². The van der Waals surface area contributed by atoms with Crippen LogP contribution in [0.25, 0.3) is 0 Å². The van der Waals surface area contributed by atoms with Gasteiger partial charge in [0.15, 0.2) is 5.78 Å². The second-order valence-corrected chi connectivity index (χ2v) is 6.35. The highest BCUT2D eigenvalue weighted by Crippen LogP contribution is 2.18. The van der Waals surface area contributed by atoms with Gasteiger partial charge in [0.25, 0.3) is 0 Å². The quantitative estimate of drug-likeness (QED) is 0.799. The zero-order valence-corrected chi connectivity index (χ0v) is 12.1. The number of carbonyl (C=O) groups is 1. The Hall–Kier alpha value is -1.24. The van der Waals surface area contributed by atoms with Crippen molar-refractivity contribution in [2.45, 2.75) is 31.2 Å². The molecule has 0 aliphatic heterocycles. The van der Waals surface area contributed by atoms with Crippen LogP contribution in [0.2, 0.25) is 0 Å². The normalized spacial score (nSPS) is 13.5. The highest BCUT2D eigenvalue weighted by Gasteiger charge is 2.25. The van der Waals surface area contributed by atoms with Crippen LogP contribution in [0, 0.1) is 0 Å². The SMILES string of the molecule is CCC(=O)c1cccc(S(=O)(=O)N(C)C(C)CO)c1. The van der Waals surface area contributed by atoms with Gasteiger partial charge in [-0.05, 0) is 19.1 Å². The Morgan fingerprint density at radius 3 is 2.58 bits per heavy atom. The second-order valence-electron chi connectivity index (χ2n) is 4.36. The molecule has 0 amide bonds. The fourth-order valence-electron chi connectivity index (χ4n) is 1.55. The predicted molar refractivity (Wildman–Crippen MR) is 72.6 cm³/mol. The number of sulfonamides is 1. The van der Waals surface area contributed by atoms with E-state index in [0.29, 0.717) is 12.0 Å². The van der Waals surface area contributed by atoms with Crippen molar-refractivity contribution in [2.24, 2.45) is 0 Å². The van der Waals surface area contributed by atoms with Crippen LogP contribution in [0.4, 0.5) is 0 Å². The highest BCUT2D eigenvalue weighted by molar-refractivity contribution is 7.89. The van der Waals surface area contributed by atoms with Crippen LogP contribution < -0.4 is 0 Å². The Bertz CT molecular complexity index is 554. The van der Waals surface area contributed by atoms with Gasteiger partial charge in [-0.3, -0.25) is 4.79 Å². The van der Waals surface area contributed by atoms with Crippen LogP contribution in [-0.2, 0) is 10.0 Å². The molecule has 0 aliphatic rings. The van der Waals surface area contributed by atoms with Crippen molar-refractivity contribution in [3.63, 3.8) is 0 Å². The fraction of sp³-hybridized carbons (Fsp3) is 0.462. The van der Waals surface area contributed by atoms with Crippen molar-refractivity contribution >= 4 is 15.8 Å². The number of aliphatic hydroxyl groups excluding tert-OH is 1. The van der Waals surface area contributed by atoms with E-state index in [-0.39, 0.29) is 17.3 Å². The van der Waals surface area contributed by atoms with E-state index in [9.17, 15) is 13.2 Å². The van der Waals surface area contributed by atoms with Gasteiger partial charge < -0.3 is 5.11 Å². The van der Waals surface area contributed by atoms with Crippen molar-refractivity contribution in [1.82, 2.24) is 4.31 Å². The summed E-state index contributed by atoms with van der Waals surface area (Å²) in [4.78, 5) is 11.7. The molecule has 0 spiro atoms. The maximum atomic E-state index is 12.3. The maximum absolute atomic E-state index is 12.3. The van der Waals surface area contributed by atoms with Gasteiger partial charge in [0, 0.05) is 25.1 Å². The van der Waals surface area contributed by atoms with Crippen molar-refractivity contribution in [1.29, 1.82) is 0 Å². The highest BCUT2D eigenvalue weighted by atomic mass is 32.2.